The van der Waals surface area contributed by atoms with Gasteiger partial charge in [-0.1, -0.05) is 30.3 Å². The third kappa shape index (κ3) is 1.83. The van der Waals surface area contributed by atoms with Crippen molar-refractivity contribution in [2.75, 3.05) is 0 Å². The molecule has 0 bridgehead atoms. The topological polar surface area (TPSA) is 17.1 Å². The van der Waals surface area contributed by atoms with Crippen molar-refractivity contribution in [3.05, 3.63) is 47.3 Å². The average molecular weight is 254 g/mol. The molecule has 0 aromatic carbocycles. The van der Waals surface area contributed by atoms with Crippen molar-refractivity contribution in [2.45, 2.75) is 19.8 Å². The van der Waals surface area contributed by atoms with Crippen molar-refractivity contribution in [3.63, 3.8) is 0 Å². The minimum Gasteiger partial charge on any atom is -0.300 e. The fourth-order valence-electron chi connectivity index (χ4n) is 2.47. The second-order valence-corrected chi connectivity index (χ2v) is 5.50. The van der Waals surface area contributed by atoms with Crippen molar-refractivity contribution in [1.29, 1.82) is 0 Å². The van der Waals surface area contributed by atoms with Gasteiger partial charge in [-0.3, -0.25) is 0 Å². The number of hydrogen-bond acceptors (Lipinski definition) is 2. The third-order valence-corrected chi connectivity index (χ3v) is 4.29. The van der Waals surface area contributed by atoms with Gasteiger partial charge in [0.05, 0.1) is 0 Å². The van der Waals surface area contributed by atoms with Gasteiger partial charge in [0.25, 0.3) is 0 Å². The molecule has 0 amide bonds. The molecule has 0 atom stereocenters. The second-order valence-electron chi connectivity index (χ2n) is 4.58. The molecule has 1 aromatic rings. The lowest BCUT2D eigenvalue weighted by atomic mass is 10.0. The molecule has 1 nitrogen and oxygen atoms in total. The number of hydrogen-bond donors (Lipinski definition) is 0. The van der Waals surface area contributed by atoms with E-state index in [1.807, 2.05) is 6.07 Å². The Morgan fingerprint density at radius 2 is 1.89 bits per heavy atom. The van der Waals surface area contributed by atoms with E-state index in [-0.39, 0.29) is 5.78 Å². The Morgan fingerprint density at radius 1 is 1.11 bits per heavy atom. The van der Waals surface area contributed by atoms with Gasteiger partial charge in [-0.05, 0) is 41.5 Å². The molecular weight excluding hydrogens is 240 g/mol. The summed E-state index contributed by atoms with van der Waals surface area (Å²) in [5.41, 5.74) is 3.93. The lowest BCUT2D eigenvalue weighted by Gasteiger charge is -2.00. The first kappa shape index (κ1) is 11.4. The van der Waals surface area contributed by atoms with Crippen LogP contribution in [0.2, 0.25) is 0 Å². The van der Waals surface area contributed by atoms with E-state index in [9.17, 15) is 4.79 Å². The molecule has 0 fully saturated rings. The maximum atomic E-state index is 11.2. The van der Waals surface area contributed by atoms with Gasteiger partial charge < -0.3 is 4.79 Å². The number of aryl methyl sites for hydroxylation is 1. The predicted molar refractivity (Wildman–Crippen MR) is 77.4 cm³/mol. The van der Waals surface area contributed by atoms with Crippen molar-refractivity contribution >= 4 is 27.2 Å². The maximum absolute atomic E-state index is 11.2. The highest BCUT2D eigenvalue weighted by atomic mass is 32.1. The molecule has 2 aliphatic rings. The number of carbonyl (C=O) groups excluding carboxylic acids is 1. The van der Waals surface area contributed by atoms with Crippen LogP contribution in [0.4, 0.5) is 0 Å². The van der Waals surface area contributed by atoms with Gasteiger partial charge in [0.1, 0.15) is 5.78 Å². The molecule has 0 saturated heterocycles. The van der Waals surface area contributed by atoms with Crippen LogP contribution in [0.25, 0.3) is 21.2 Å². The molecule has 0 spiro atoms. The molecule has 3 rings (SSSR count). The van der Waals surface area contributed by atoms with Gasteiger partial charge in [-0.15, -0.1) is 11.3 Å². The zero-order valence-electron chi connectivity index (χ0n) is 10.3. The van der Waals surface area contributed by atoms with Crippen LogP contribution in [0.15, 0.2) is 41.8 Å². The molecular formula is C16H14OS. The summed E-state index contributed by atoms with van der Waals surface area (Å²) < 4.78 is 1.34. The average Bonchev–Trinajstić information content (AvgIpc) is 2.81. The quantitative estimate of drug-likeness (QED) is 0.671. The lowest BCUT2D eigenvalue weighted by Crippen LogP contribution is -1.93. The van der Waals surface area contributed by atoms with E-state index in [2.05, 4.69) is 35.7 Å². The third-order valence-electron chi connectivity index (χ3n) is 3.32. The van der Waals surface area contributed by atoms with Crippen LogP contribution in [-0.2, 0) is 11.2 Å². The van der Waals surface area contributed by atoms with Crippen LogP contribution in [0.3, 0.4) is 0 Å². The van der Waals surface area contributed by atoms with Crippen molar-refractivity contribution < 1.29 is 4.79 Å². The summed E-state index contributed by atoms with van der Waals surface area (Å²) >= 11 is 1.78. The number of carbonyl (C=O) groups is 1. The van der Waals surface area contributed by atoms with Gasteiger partial charge in [0.2, 0.25) is 0 Å². The number of Topliss-reactive ketones (excluding diaryl/α,β-unsaturated/α-hetero) is 1. The highest BCUT2D eigenvalue weighted by Gasteiger charge is 2.17. The van der Waals surface area contributed by atoms with Crippen LogP contribution in [0.1, 0.15) is 18.9 Å². The summed E-state index contributed by atoms with van der Waals surface area (Å²) in [6.07, 6.45) is 1.48. The molecule has 2 heteroatoms. The zero-order valence-corrected chi connectivity index (χ0v) is 11.1. The molecule has 2 aliphatic carbocycles. The number of ketones is 1. The van der Waals surface area contributed by atoms with E-state index in [0.717, 1.165) is 6.42 Å². The van der Waals surface area contributed by atoms with Crippen molar-refractivity contribution in [2.24, 2.45) is 0 Å². The van der Waals surface area contributed by atoms with Crippen LogP contribution >= 0.6 is 11.3 Å². The Labute approximate surface area is 110 Å². The van der Waals surface area contributed by atoms with Gasteiger partial charge in [-0.25, -0.2) is 0 Å². The fraction of sp³-hybridized carbons (Fsp3) is 0.188. The van der Waals surface area contributed by atoms with Crippen LogP contribution in [0.5, 0.6) is 0 Å². The minimum absolute atomic E-state index is 0.259. The van der Waals surface area contributed by atoms with Crippen LogP contribution in [0, 0.1) is 0 Å². The Morgan fingerprint density at radius 3 is 2.67 bits per heavy atom. The van der Waals surface area contributed by atoms with E-state index in [1.165, 1.54) is 26.8 Å². The van der Waals surface area contributed by atoms with E-state index in [4.69, 9.17) is 0 Å². The summed E-state index contributed by atoms with van der Waals surface area (Å²) in [5.74, 6) is 0.259. The first-order valence-corrected chi connectivity index (χ1v) is 7.01. The standard InChI is InChI=1S/C16H14OS/c1-11(17)7-8-14-12-5-3-2-4-6-13(12)15-9-10-18-16(14)15/h2-6,9-10H,7-8H2,1H3. The number of thiophene rings is 1. The lowest BCUT2D eigenvalue weighted by molar-refractivity contribution is -0.116. The van der Waals surface area contributed by atoms with Gasteiger partial charge in [0.15, 0.2) is 0 Å². The monoisotopic (exact) mass is 254 g/mol. The smallest absolute Gasteiger partial charge is 0.130 e. The molecule has 1 aromatic heterocycles. The zero-order chi connectivity index (χ0) is 12.5. The number of rotatable bonds is 3. The van der Waals surface area contributed by atoms with Crippen molar-refractivity contribution in [1.82, 2.24) is 0 Å². The second kappa shape index (κ2) is 4.54. The Hall–Kier alpha value is -1.67. The number of fused-ring (bicyclic) bond motifs is 3. The summed E-state index contributed by atoms with van der Waals surface area (Å²) in [5, 5.41) is 3.46. The highest BCUT2D eigenvalue weighted by molar-refractivity contribution is 7.17. The molecule has 18 heavy (non-hydrogen) atoms. The first-order valence-electron chi connectivity index (χ1n) is 6.13. The molecule has 90 valence electrons. The largest absolute Gasteiger partial charge is 0.300 e. The molecule has 0 unspecified atom stereocenters. The highest BCUT2D eigenvalue weighted by Crippen LogP contribution is 2.41. The van der Waals surface area contributed by atoms with Gasteiger partial charge >= 0.3 is 0 Å². The van der Waals surface area contributed by atoms with E-state index in [0.29, 0.717) is 6.42 Å². The first-order chi connectivity index (χ1) is 8.77. The molecule has 0 aliphatic heterocycles. The SMILES string of the molecule is CC(=O)CCc1c2cccccc-2c2ccsc12. The fourth-order valence-corrected chi connectivity index (χ4v) is 3.47. The molecule has 0 radical (unpaired) electrons. The summed E-state index contributed by atoms with van der Waals surface area (Å²) in [6.45, 7) is 1.66. The Bertz CT molecular complexity index is 681. The van der Waals surface area contributed by atoms with E-state index < -0.39 is 0 Å². The van der Waals surface area contributed by atoms with Crippen molar-refractivity contribution in [3.8, 4) is 11.1 Å². The summed E-state index contributed by atoms with van der Waals surface area (Å²) in [6, 6.07) is 12.7. The normalized spacial score (nSPS) is 11.2. The van der Waals surface area contributed by atoms with E-state index >= 15 is 0 Å². The van der Waals surface area contributed by atoms with Gasteiger partial charge in [0, 0.05) is 16.5 Å². The maximum Gasteiger partial charge on any atom is 0.130 e. The summed E-state index contributed by atoms with van der Waals surface area (Å²) in [7, 11) is 0. The summed E-state index contributed by atoms with van der Waals surface area (Å²) in [4.78, 5) is 11.2. The minimum atomic E-state index is 0.259. The Balaban J connectivity index is 2.21. The molecule has 0 saturated carbocycles. The molecule has 1 heterocycles. The predicted octanol–water partition coefficient (Wildman–Crippen LogP) is 4.53. The van der Waals surface area contributed by atoms with Crippen LogP contribution in [-0.4, -0.2) is 5.78 Å². The van der Waals surface area contributed by atoms with Gasteiger partial charge in [-0.2, -0.15) is 0 Å². The Kier molecular flexibility index (Phi) is 2.88. The molecule has 0 N–H and O–H groups in total. The van der Waals surface area contributed by atoms with Crippen LogP contribution < -0.4 is 0 Å². The van der Waals surface area contributed by atoms with E-state index in [1.54, 1.807) is 18.3 Å².